The summed E-state index contributed by atoms with van der Waals surface area (Å²) in [7, 11) is 0. The SMILES string of the molecule is CCc1cc2cc(-c3c(C)nc(NCc4ccccn4)nc3N[C@@H]3C[C@H](CO)[C@@H](C)[C@H]3C)oc2cn1. The predicted molar refractivity (Wildman–Crippen MR) is 142 cm³/mol. The average Bonchev–Trinajstić information content (AvgIpc) is 3.43. The molecule has 0 amide bonds. The molecule has 4 atom stereocenters. The molecule has 0 aliphatic heterocycles. The Kier molecular flexibility index (Phi) is 6.87. The number of aliphatic hydroxyl groups is 1. The quantitative estimate of drug-likeness (QED) is 0.311. The molecule has 0 radical (unpaired) electrons. The number of furan rings is 1. The summed E-state index contributed by atoms with van der Waals surface area (Å²) in [5.41, 5.74) is 4.35. The highest BCUT2D eigenvalue weighted by atomic mass is 16.3. The molecule has 0 unspecified atom stereocenters. The summed E-state index contributed by atoms with van der Waals surface area (Å²) in [6.45, 7) is 9.26. The van der Waals surface area contributed by atoms with Gasteiger partial charge >= 0.3 is 0 Å². The van der Waals surface area contributed by atoms with Crippen LogP contribution in [-0.4, -0.2) is 37.7 Å². The molecule has 188 valence electrons. The number of anilines is 2. The summed E-state index contributed by atoms with van der Waals surface area (Å²) in [4.78, 5) is 18.5. The van der Waals surface area contributed by atoms with Crippen molar-refractivity contribution in [3.05, 3.63) is 59.8 Å². The van der Waals surface area contributed by atoms with Gasteiger partial charge in [0.05, 0.1) is 29.7 Å². The molecule has 8 nitrogen and oxygen atoms in total. The van der Waals surface area contributed by atoms with Gasteiger partial charge in [-0.25, -0.2) is 4.98 Å². The standard InChI is InChI=1S/C28H34N6O2/c1-5-21-10-19-12-24(36-25(19)14-30-21)26-18(4)32-28(31-13-22-8-6-7-9-29-22)34-27(26)33-23-11-20(15-35)16(2)17(23)3/h6-10,12,14,16-17,20,23,35H,5,11,13,15H2,1-4H3,(H2,31,32,33,34)/t16-,17+,20+,23+/m0/s1. The number of aliphatic hydroxyl groups excluding tert-OH is 1. The van der Waals surface area contributed by atoms with Crippen molar-refractivity contribution in [2.75, 3.05) is 17.2 Å². The molecule has 4 aromatic rings. The van der Waals surface area contributed by atoms with Crippen LogP contribution in [0, 0.1) is 24.7 Å². The Labute approximate surface area is 211 Å². The van der Waals surface area contributed by atoms with E-state index in [-0.39, 0.29) is 18.6 Å². The zero-order valence-corrected chi connectivity index (χ0v) is 21.3. The molecule has 0 aromatic carbocycles. The fourth-order valence-electron chi connectivity index (χ4n) is 5.19. The topological polar surface area (TPSA) is 109 Å². The number of rotatable bonds is 8. The van der Waals surface area contributed by atoms with Crippen molar-refractivity contribution in [1.29, 1.82) is 0 Å². The van der Waals surface area contributed by atoms with Crippen molar-refractivity contribution in [1.82, 2.24) is 19.9 Å². The van der Waals surface area contributed by atoms with Gasteiger partial charge in [0, 0.05) is 29.9 Å². The molecule has 5 rings (SSSR count). The van der Waals surface area contributed by atoms with E-state index in [9.17, 15) is 5.11 Å². The number of fused-ring (bicyclic) bond motifs is 1. The third kappa shape index (κ3) is 4.78. The highest BCUT2D eigenvalue weighted by molar-refractivity contribution is 5.86. The van der Waals surface area contributed by atoms with Crippen molar-refractivity contribution in [2.45, 2.75) is 53.1 Å². The van der Waals surface area contributed by atoms with Crippen LogP contribution in [0.1, 0.15) is 44.3 Å². The van der Waals surface area contributed by atoms with Crippen molar-refractivity contribution in [3.8, 4) is 11.3 Å². The minimum Gasteiger partial charge on any atom is -0.454 e. The van der Waals surface area contributed by atoms with Crippen molar-refractivity contribution < 1.29 is 9.52 Å². The van der Waals surface area contributed by atoms with E-state index in [1.807, 2.05) is 31.2 Å². The highest BCUT2D eigenvalue weighted by Gasteiger charge is 2.38. The number of aryl methyl sites for hydroxylation is 2. The number of nitrogens with one attached hydrogen (secondary N) is 2. The van der Waals surface area contributed by atoms with Crippen LogP contribution in [0.25, 0.3) is 22.3 Å². The molecular formula is C28H34N6O2. The van der Waals surface area contributed by atoms with Crippen molar-refractivity contribution in [3.63, 3.8) is 0 Å². The Morgan fingerprint density at radius 3 is 2.67 bits per heavy atom. The average molecular weight is 487 g/mol. The number of pyridine rings is 2. The molecule has 0 saturated heterocycles. The fraction of sp³-hybridized carbons (Fsp3) is 0.429. The summed E-state index contributed by atoms with van der Waals surface area (Å²) in [6.07, 6.45) is 5.32. The first-order valence-corrected chi connectivity index (χ1v) is 12.8. The normalized spacial score (nSPS) is 21.7. The Hall–Kier alpha value is -3.52. The van der Waals surface area contributed by atoms with Crippen LogP contribution < -0.4 is 10.6 Å². The Morgan fingerprint density at radius 1 is 1.08 bits per heavy atom. The van der Waals surface area contributed by atoms with Crippen molar-refractivity contribution in [2.24, 2.45) is 17.8 Å². The smallest absolute Gasteiger partial charge is 0.225 e. The van der Waals surface area contributed by atoms with Crippen molar-refractivity contribution >= 4 is 22.7 Å². The second-order valence-electron chi connectivity index (χ2n) is 9.86. The van der Waals surface area contributed by atoms with Gasteiger partial charge < -0.3 is 20.2 Å². The summed E-state index contributed by atoms with van der Waals surface area (Å²) < 4.78 is 6.25. The number of hydrogen-bond acceptors (Lipinski definition) is 8. The van der Waals surface area contributed by atoms with Gasteiger partial charge in [0.1, 0.15) is 11.6 Å². The summed E-state index contributed by atoms with van der Waals surface area (Å²) in [5.74, 6) is 3.07. The van der Waals surface area contributed by atoms with Crippen LogP contribution in [0.15, 0.2) is 47.1 Å². The van der Waals surface area contributed by atoms with Crippen LogP contribution in [0.2, 0.25) is 0 Å². The third-order valence-electron chi connectivity index (χ3n) is 7.63. The maximum absolute atomic E-state index is 9.87. The van der Waals surface area contributed by atoms with Gasteiger partial charge in [0.15, 0.2) is 5.58 Å². The Morgan fingerprint density at radius 2 is 1.94 bits per heavy atom. The Balaban J connectivity index is 1.52. The minimum atomic E-state index is 0.187. The molecule has 1 fully saturated rings. The lowest BCUT2D eigenvalue weighted by Gasteiger charge is -2.22. The van der Waals surface area contributed by atoms with Crippen LogP contribution in [0.4, 0.5) is 11.8 Å². The maximum Gasteiger partial charge on any atom is 0.225 e. The van der Waals surface area contributed by atoms with E-state index in [4.69, 9.17) is 14.4 Å². The molecule has 4 heterocycles. The molecular weight excluding hydrogens is 452 g/mol. The van der Waals surface area contributed by atoms with Gasteiger partial charge in [-0.1, -0.05) is 26.8 Å². The van der Waals surface area contributed by atoms with E-state index < -0.39 is 0 Å². The number of nitrogens with zero attached hydrogens (tertiary/aromatic N) is 4. The van der Waals surface area contributed by atoms with Crippen LogP contribution in [0.5, 0.6) is 0 Å². The molecule has 1 aliphatic rings. The molecule has 1 saturated carbocycles. The molecule has 1 aliphatic carbocycles. The first kappa shape index (κ1) is 24.2. The van der Waals surface area contributed by atoms with E-state index >= 15 is 0 Å². The largest absolute Gasteiger partial charge is 0.454 e. The van der Waals surface area contributed by atoms with Crippen LogP contribution in [0.3, 0.4) is 0 Å². The van der Waals surface area contributed by atoms with E-state index in [0.717, 1.165) is 52.3 Å². The summed E-state index contributed by atoms with van der Waals surface area (Å²) >= 11 is 0. The highest BCUT2D eigenvalue weighted by Crippen LogP contribution is 2.40. The lowest BCUT2D eigenvalue weighted by Crippen LogP contribution is -2.25. The third-order valence-corrected chi connectivity index (χ3v) is 7.63. The molecule has 8 heteroatoms. The first-order chi connectivity index (χ1) is 17.5. The second kappa shape index (κ2) is 10.2. The van der Waals surface area contributed by atoms with Crippen LogP contribution in [-0.2, 0) is 13.0 Å². The monoisotopic (exact) mass is 486 g/mol. The van der Waals surface area contributed by atoms with Gasteiger partial charge in [-0.15, -0.1) is 0 Å². The molecule has 4 aromatic heterocycles. The van der Waals surface area contributed by atoms with Gasteiger partial charge in [0.25, 0.3) is 0 Å². The minimum absolute atomic E-state index is 0.187. The lowest BCUT2D eigenvalue weighted by molar-refractivity contribution is 0.191. The number of aromatic nitrogens is 4. The van der Waals surface area contributed by atoms with E-state index in [1.54, 1.807) is 12.4 Å². The van der Waals surface area contributed by atoms with Gasteiger partial charge in [-0.2, -0.15) is 4.98 Å². The maximum atomic E-state index is 9.87. The summed E-state index contributed by atoms with van der Waals surface area (Å²) in [5, 5.41) is 17.9. The summed E-state index contributed by atoms with van der Waals surface area (Å²) in [6, 6.07) is 10.1. The van der Waals surface area contributed by atoms with Gasteiger partial charge in [0.2, 0.25) is 5.95 Å². The van der Waals surface area contributed by atoms with E-state index in [0.29, 0.717) is 30.1 Å². The zero-order chi connectivity index (χ0) is 25.2. The number of hydrogen-bond donors (Lipinski definition) is 3. The fourth-order valence-corrected chi connectivity index (χ4v) is 5.19. The molecule has 0 spiro atoms. The lowest BCUT2D eigenvalue weighted by atomic mass is 9.92. The molecule has 36 heavy (non-hydrogen) atoms. The predicted octanol–water partition coefficient (Wildman–Crippen LogP) is 5.23. The Bertz CT molecular complexity index is 1340. The second-order valence-corrected chi connectivity index (χ2v) is 9.86. The first-order valence-electron chi connectivity index (χ1n) is 12.8. The van der Waals surface area contributed by atoms with E-state index in [2.05, 4.69) is 47.4 Å². The van der Waals surface area contributed by atoms with Crippen LogP contribution >= 0.6 is 0 Å². The molecule has 0 bridgehead atoms. The van der Waals surface area contributed by atoms with E-state index in [1.165, 1.54) is 0 Å². The molecule has 3 N–H and O–H groups in total. The van der Waals surface area contributed by atoms with Gasteiger partial charge in [-0.3, -0.25) is 9.97 Å². The van der Waals surface area contributed by atoms with Gasteiger partial charge in [-0.05, 0) is 61.8 Å². The zero-order valence-electron chi connectivity index (χ0n) is 21.3.